The van der Waals surface area contributed by atoms with E-state index in [1.165, 1.54) is 12.8 Å². The minimum Gasteiger partial charge on any atom is -0.378 e. The number of nitrogens with zero attached hydrogens (tertiary/aromatic N) is 2. The van der Waals surface area contributed by atoms with Gasteiger partial charge in [-0.2, -0.15) is 0 Å². The monoisotopic (exact) mass is 337 g/mol. The van der Waals surface area contributed by atoms with E-state index in [0.29, 0.717) is 45.2 Å². The molecule has 1 unspecified atom stereocenters. The van der Waals surface area contributed by atoms with E-state index in [2.05, 4.69) is 5.32 Å². The summed E-state index contributed by atoms with van der Waals surface area (Å²) in [4.78, 5) is 29.1. The van der Waals surface area contributed by atoms with Gasteiger partial charge in [-0.1, -0.05) is 0 Å². The van der Waals surface area contributed by atoms with Crippen LogP contribution in [0.1, 0.15) is 38.5 Å². The molecule has 0 spiro atoms. The molecule has 1 atom stereocenters. The molecule has 3 aliphatic heterocycles. The fourth-order valence-corrected chi connectivity index (χ4v) is 4.10. The second kappa shape index (κ2) is 8.81. The molecule has 136 valence electrons. The second-order valence-electron chi connectivity index (χ2n) is 7.35. The quantitative estimate of drug-likeness (QED) is 0.827. The Balaban J connectivity index is 1.45. The summed E-state index contributed by atoms with van der Waals surface area (Å²) in [6.45, 7) is 6.25. The van der Waals surface area contributed by atoms with Gasteiger partial charge < -0.3 is 19.9 Å². The molecule has 0 aromatic rings. The second-order valence-corrected chi connectivity index (χ2v) is 7.35. The predicted octanol–water partition coefficient (Wildman–Crippen LogP) is 0.864. The lowest BCUT2D eigenvalue weighted by molar-refractivity contribution is -0.144. The van der Waals surface area contributed by atoms with Crippen molar-refractivity contribution in [3.05, 3.63) is 0 Å². The van der Waals surface area contributed by atoms with Crippen LogP contribution in [-0.2, 0) is 14.3 Å². The number of rotatable bonds is 4. The predicted molar refractivity (Wildman–Crippen MR) is 91.5 cm³/mol. The number of nitrogens with one attached hydrogen (secondary N) is 1. The number of morpholine rings is 1. The zero-order valence-electron chi connectivity index (χ0n) is 14.7. The lowest BCUT2D eigenvalue weighted by Crippen LogP contribution is -2.49. The number of hydrogen-bond donors (Lipinski definition) is 1. The Morgan fingerprint density at radius 2 is 1.75 bits per heavy atom. The van der Waals surface area contributed by atoms with Gasteiger partial charge in [0.1, 0.15) is 0 Å². The molecule has 3 saturated heterocycles. The van der Waals surface area contributed by atoms with E-state index in [4.69, 9.17) is 4.74 Å². The maximum absolute atomic E-state index is 12.7. The SMILES string of the molecule is O=C(CCC1CCNCC1)N1CCCC(C(=O)N2CCOCC2)C1. The summed E-state index contributed by atoms with van der Waals surface area (Å²) in [7, 11) is 0. The molecule has 3 aliphatic rings. The Hall–Kier alpha value is -1.14. The van der Waals surface area contributed by atoms with E-state index >= 15 is 0 Å². The van der Waals surface area contributed by atoms with Crippen LogP contribution in [0.25, 0.3) is 0 Å². The highest BCUT2D eigenvalue weighted by atomic mass is 16.5. The Morgan fingerprint density at radius 3 is 2.50 bits per heavy atom. The van der Waals surface area contributed by atoms with Gasteiger partial charge >= 0.3 is 0 Å². The highest BCUT2D eigenvalue weighted by Crippen LogP contribution is 2.22. The molecule has 3 heterocycles. The largest absolute Gasteiger partial charge is 0.378 e. The van der Waals surface area contributed by atoms with Crippen molar-refractivity contribution in [1.82, 2.24) is 15.1 Å². The van der Waals surface area contributed by atoms with Crippen molar-refractivity contribution in [3.63, 3.8) is 0 Å². The highest BCUT2D eigenvalue weighted by Gasteiger charge is 2.31. The van der Waals surface area contributed by atoms with Gasteiger partial charge in [0.15, 0.2) is 0 Å². The molecule has 0 saturated carbocycles. The van der Waals surface area contributed by atoms with Crippen molar-refractivity contribution in [2.24, 2.45) is 11.8 Å². The molecule has 24 heavy (non-hydrogen) atoms. The molecule has 3 rings (SSSR count). The van der Waals surface area contributed by atoms with Gasteiger partial charge in [-0.3, -0.25) is 9.59 Å². The third-order valence-electron chi connectivity index (χ3n) is 5.67. The summed E-state index contributed by atoms with van der Waals surface area (Å²) < 4.78 is 5.32. The standard InChI is InChI=1S/C18H31N3O3/c22-17(4-3-15-5-7-19-8-6-15)21-9-1-2-16(14-21)18(23)20-10-12-24-13-11-20/h15-16,19H,1-14H2. The number of hydrogen-bond acceptors (Lipinski definition) is 4. The van der Waals surface area contributed by atoms with Crippen LogP contribution in [0.2, 0.25) is 0 Å². The third-order valence-corrected chi connectivity index (χ3v) is 5.67. The topological polar surface area (TPSA) is 61.9 Å². The Bertz CT molecular complexity index is 431. The molecule has 2 amide bonds. The molecule has 0 aromatic heterocycles. The maximum Gasteiger partial charge on any atom is 0.227 e. The number of carbonyl (C=O) groups excluding carboxylic acids is 2. The molecule has 0 aromatic carbocycles. The average molecular weight is 337 g/mol. The Labute approximate surface area is 144 Å². The molecule has 0 radical (unpaired) electrons. The van der Waals surface area contributed by atoms with Crippen LogP contribution >= 0.6 is 0 Å². The van der Waals surface area contributed by atoms with E-state index in [1.807, 2.05) is 9.80 Å². The van der Waals surface area contributed by atoms with Crippen LogP contribution in [0.4, 0.5) is 0 Å². The molecule has 6 nitrogen and oxygen atoms in total. The van der Waals surface area contributed by atoms with E-state index in [1.54, 1.807) is 0 Å². The van der Waals surface area contributed by atoms with Crippen LogP contribution in [0.5, 0.6) is 0 Å². The molecule has 0 bridgehead atoms. The summed E-state index contributed by atoms with van der Waals surface area (Å²) in [5, 5.41) is 3.37. The highest BCUT2D eigenvalue weighted by molar-refractivity contribution is 5.81. The lowest BCUT2D eigenvalue weighted by atomic mass is 9.92. The van der Waals surface area contributed by atoms with Crippen molar-refractivity contribution in [1.29, 1.82) is 0 Å². The van der Waals surface area contributed by atoms with Crippen molar-refractivity contribution in [2.75, 3.05) is 52.5 Å². The van der Waals surface area contributed by atoms with Crippen LogP contribution in [0.3, 0.4) is 0 Å². The van der Waals surface area contributed by atoms with Gasteiger partial charge in [-0.25, -0.2) is 0 Å². The van der Waals surface area contributed by atoms with Crippen LogP contribution in [-0.4, -0.2) is 74.1 Å². The summed E-state index contributed by atoms with van der Waals surface area (Å²) in [6.07, 6.45) is 5.87. The van der Waals surface area contributed by atoms with E-state index < -0.39 is 0 Å². The van der Waals surface area contributed by atoms with Gasteiger partial charge in [0, 0.05) is 32.6 Å². The molecule has 3 fully saturated rings. The van der Waals surface area contributed by atoms with Crippen molar-refractivity contribution < 1.29 is 14.3 Å². The number of likely N-dealkylation sites (tertiary alicyclic amines) is 1. The fourth-order valence-electron chi connectivity index (χ4n) is 4.10. The number of amides is 2. The van der Waals surface area contributed by atoms with E-state index in [-0.39, 0.29) is 17.7 Å². The number of piperidine rings is 2. The molecule has 1 N–H and O–H groups in total. The first kappa shape index (κ1) is 17.7. The van der Waals surface area contributed by atoms with Crippen LogP contribution in [0.15, 0.2) is 0 Å². The van der Waals surface area contributed by atoms with Gasteiger partial charge in [0.2, 0.25) is 11.8 Å². The van der Waals surface area contributed by atoms with Crippen LogP contribution in [0, 0.1) is 11.8 Å². The first-order valence-corrected chi connectivity index (χ1v) is 9.59. The summed E-state index contributed by atoms with van der Waals surface area (Å²) in [5.41, 5.74) is 0. The zero-order chi connectivity index (χ0) is 16.8. The zero-order valence-corrected chi connectivity index (χ0v) is 14.7. The summed E-state index contributed by atoms with van der Waals surface area (Å²) in [5.74, 6) is 1.13. The molecule has 0 aliphatic carbocycles. The van der Waals surface area contributed by atoms with Crippen molar-refractivity contribution in [3.8, 4) is 0 Å². The average Bonchev–Trinajstić information content (AvgIpc) is 2.67. The molecular weight excluding hydrogens is 306 g/mol. The smallest absolute Gasteiger partial charge is 0.227 e. The molecular formula is C18H31N3O3. The summed E-state index contributed by atoms with van der Waals surface area (Å²) in [6, 6.07) is 0. The Kier molecular flexibility index (Phi) is 6.49. The minimum atomic E-state index is -0.0142. The maximum atomic E-state index is 12.7. The summed E-state index contributed by atoms with van der Waals surface area (Å²) >= 11 is 0. The Morgan fingerprint density at radius 1 is 1.00 bits per heavy atom. The minimum absolute atomic E-state index is 0.0142. The van der Waals surface area contributed by atoms with Gasteiger partial charge in [0.25, 0.3) is 0 Å². The van der Waals surface area contributed by atoms with Crippen molar-refractivity contribution in [2.45, 2.75) is 38.5 Å². The number of carbonyl (C=O) groups is 2. The van der Waals surface area contributed by atoms with E-state index in [9.17, 15) is 9.59 Å². The first-order chi connectivity index (χ1) is 11.7. The van der Waals surface area contributed by atoms with E-state index in [0.717, 1.165) is 38.9 Å². The third kappa shape index (κ3) is 4.70. The lowest BCUT2D eigenvalue weighted by Gasteiger charge is -2.36. The fraction of sp³-hybridized carbons (Fsp3) is 0.889. The normalized spacial score (nSPS) is 26.4. The van der Waals surface area contributed by atoms with Gasteiger partial charge in [-0.15, -0.1) is 0 Å². The van der Waals surface area contributed by atoms with Crippen LogP contribution < -0.4 is 5.32 Å². The number of ether oxygens (including phenoxy) is 1. The van der Waals surface area contributed by atoms with Gasteiger partial charge in [0.05, 0.1) is 19.1 Å². The van der Waals surface area contributed by atoms with Crippen molar-refractivity contribution >= 4 is 11.8 Å². The van der Waals surface area contributed by atoms with Gasteiger partial charge in [-0.05, 0) is 51.1 Å². The first-order valence-electron chi connectivity index (χ1n) is 9.59. The molecule has 6 heteroatoms.